The van der Waals surface area contributed by atoms with E-state index in [2.05, 4.69) is 15.3 Å². The van der Waals surface area contributed by atoms with Crippen LogP contribution in [-0.2, 0) is 9.53 Å². The van der Waals surface area contributed by atoms with Crippen molar-refractivity contribution in [3.63, 3.8) is 0 Å². The molecule has 0 aromatic carbocycles. The normalized spacial score (nSPS) is 16.1. The fraction of sp³-hybridized carbons (Fsp3) is 0.611. The highest BCUT2D eigenvalue weighted by atomic mass is 32.2. The zero-order chi connectivity index (χ0) is 17.4. The molecule has 24 heavy (non-hydrogen) atoms. The number of aromatic nitrogens is 2. The maximum Gasteiger partial charge on any atom is 0.330 e. The smallest absolute Gasteiger partial charge is 0.330 e. The fourth-order valence-corrected chi connectivity index (χ4v) is 3.33. The Kier molecular flexibility index (Phi) is 7.56. The lowest BCUT2D eigenvalue weighted by molar-refractivity contribution is -0.137. The van der Waals surface area contributed by atoms with Crippen molar-refractivity contribution in [2.75, 3.05) is 18.2 Å². The van der Waals surface area contributed by atoms with Crippen LogP contribution in [0.25, 0.3) is 6.08 Å². The van der Waals surface area contributed by atoms with Crippen LogP contribution in [0.4, 0.5) is 5.82 Å². The van der Waals surface area contributed by atoms with Crippen molar-refractivity contribution in [2.45, 2.75) is 63.6 Å². The molecule has 1 N–H and O–H groups in total. The minimum absolute atomic E-state index is 0.341. The van der Waals surface area contributed by atoms with Gasteiger partial charge in [0.05, 0.1) is 12.3 Å². The third kappa shape index (κ3) is 5.51. The van der Waals surface area contributed by atoms with Crippen LogP contribution >= 0.6 is 11.8 Å². The highest BCUT2D eigenvalue weighted by molar-refractivity contribution is 7.98. The zero-order valence-electron chi connectivity index (χ0n) is 14.8. The number of nitrogens with one attached hydrogen (secondary N) is 1. The van der Waals surface area contributed by atoms with Gasteiger partial charge in [-0.3, -0.25) is 0 Å². The van der Waals surface area contributed by atoms with Gasteiger partial charge in [0.25, 0.3) is 0 Å². The second kappa shape index (κ2) is 9.67. The standard InChI is InChI=1S/C18H27N3O2S/c1-4-23-16(22)12-11-15-13(2)19-18(24-3)21-17(15)20-14-9-7-5-6-8-10-14/h11-12,14H,4-10H2,1-3H3,(H,19,20,21). The van der Waals surface area contributed by atoms with Gasteiger partial charge < -0.3 is 10.1 Å². The predicted octanol–water partition coefficient (Wildman–Crippen LogP) is 4.22. The number of carbonyl (C=O) groups is 1. The van der Waals surface area contributed by atoms with Crippen molar-refractivity contribution in [3.05, 3.63) is 17.3 Å². The number of nitrogens with zero attached hydrogens (tertiary/aromatic N) is 2. The zero-order valence-corrected chi connectivity index (χ0v) is 15.6. The fourth-order valence-electron chi connectivity index (χ4n) is 2.92. The molecule has 2 rings (SSSR count). The highest BCUT2D eigenvalue weighted by Gasteiger charge is 2.16. The van der Waals surface area contributed by atoms with Crippen molar-refractivity contribution >= 4 is 29.6 Å². The molecule has 0 atom stereocenters. The number of anilines is 1. The Morgan fingerprint density at radius 1 is 1.29 bits per heavy atom. The summed E-state index contributed by atoms with van der Waals surface area (Å²) in [6, 6.07) is 0.436. The van der Waals surface area contributed by atoms with Gasteiger partial charge in [-0.25, -0.2) is 14.8 Å². The van der Waals surface area contributed by atoms with Crippen LogP contribution in [0.1, 0.15) is 56.7 Å². The maximum absolute atomic E-state index is 11.6. The van der Waals surface area contributed by atoms with Crippen LogP contribution in [0.2, 0.25) is 0 Å². The molecule has 0 unspecified atom stereocenters. The maximum atomic E-state index is 11.6. The molecular formula is C18H27N3O2S. The number of aryl methyl sites for hydroxylation is 1. The third-order valence-electron chi connectivity index (χ3n) is 4.17. The van der Waals surface area contributed by atoms with Crippen molar-refractivity contribution in [3.8, 4) is 0 Å². The molecule has 0 saturated heterocycles. The Morgan fingerprint density at radius 2 is 2.00 bits per heavy atom. The van der Waals surface area contributed by atoms with E-state index < -0.39 is 0 Å². The number of carbonyl (C=O) groups excluding carboxylic acids is 1. The van der Waals surface area contributed by atoms with Crippen molar-refractivity contribution in [2.24, 2.45) is 0 Å². The van der Waals surface area contributed by atoms with E-state index >= 15 is 0 Å². The summed E-state index contributed by atoms with van der Waals surface area (Å²) in [5.74, 6) is 0.477. The third-order valence-corrected chi connectivity index (χ3v) is 4.71. The first-order chi connectivity index (χ1) is 11.6. The molecule has 1 aliphatic rings. The van der Waals surface area contributed by atoms with Crippen LogP contribution in [0, 0.1) is 6.92 Å². The second-order valence-electron chi connectivity index (χ2n) is 5.98. The molecule has 1 aromatic rings. The highest BCUT2D eigenvalue weighted by Crippen LogP contribution is 2.26. The summed E-state index contributed by atoms with van der Waals surface area (Å²) in [6.07, 6.45) is 12.6. The van der Waals surface area contributed by atoms with Crippen LogP contribution in [0.3, 0.4) is 0 Å². The molecule has 1 saturated carbocycles. The van der Waals surface area contributed by atoms with Crippen molar-refractivity contribution in [1.29, 1.82) is 0 Å². The first kappa shape index (κ1) is 18.8. The number of rotatable bonds is 6. The van der Waals surface area contributed by atoms with Crippen LogP contribution < -0.4 is 5.32 Å². The summed E-state index contributed by atoms with van der Waals surface area (Å²) in [5, 5.41) is 4.34. The Balaban J connectivity index is 2.25. The van der Waals surface area contributed by atoms with Gasteiger partial charge in [0, 0.05) is 17.7 Å². The van der Waals surface area contributed by atoms with E-state index in [9.17, 15) is 4.79 Å². The molecule has 0 bridgehead atoms. The number of ether oxygens (including phenoxy) is 1. The minimum Gasteiger partial charge on any atom is -0.463 e. The van der Waals surface area contributed by atoms with E-state index in [0.29, 0.717) is 12.6 Å². The minimum atomic E-state index is -0.341. The number of hydrogen-bond donors (Lipinski definition) is 1. The van der Waals surface area contributed by atoms with Gasteiger partial charge >= 0.3 is 5.97 Å². The van der Waals surface area contributed by atoms with E-state index in [1.165, 1.54) is 56.4 Å². The second-order valence-corrected chi connectivity index (χ2v) is 6.75. The monoisotopic (exact) mass is 349 g/mol. The SMILES string of the molecule is CCOC(=O)C=Cc1c(C)nc(SC)nc1NC1CCCCCC1. The first-order valence-corrected chi connectivity index (χ1v) is 9.90. The lowest BCUT2D eigenvalue weighted by Gasteiger charge is -2.19. The van der Waals surface area contributed by atoms with Crippen molar-refractivity contribution < 1.29 is 9.53 Å². The van der Waals surface area contributed by atoms with Crippen LogP contribution in [0.15, 0.2) is 11.2 Å². The molecule has 1 aromatic heterocycles. The Morgan fingerprint density at radius 3 is 2.62 bits per heavy atom. The van der Waals surface area contributed by atoms with Gasteiger partial charge in [-0.2, -0.15) is 0 Å². The van der Waals surface area contributed by atoms with Gasteiger partial charge in [0.2, 0.25) is 0 Å². The molecule has 6 heteroatoms. The summed E-state index contributed by atoms with van der Waals surface area (Å²) in [4.78, 5) is 20.8. The predicted molar refractivity (Wildman–Crippen MR) is 99.3 cm³/mol. The van der Waals surface area contributed by atoms with Crippen molar-refractivity contribution in [1.82, 2.24) is 9.97 Å². The van der Waals surface area contributed by atoms with Crippen LogP contribution in [-0.4, -0.2) is 34.8 Å². The molecule has 5 nitrogen and oxygen atoms in total. The van der Waals surface area contributed by atoms with E-state index in [1.54, 1.807) is 13.0 Å². The molecular weight excluding hydrogens is 322 g/mol. The van der Waals surface area contributed by atoms with E-state index in [0.717, 1.165) is 22.2 Å². The Hall–Kier alpha value is -1.56. The summed E-state index contributed by atoms with van der Waals surface area (Å²) in [6.45, 7) is 4.12. The molecule has 1 fully saturated rings. The van der Waals surface area contributed by atoms with Gasteiger partial charge in [0.15, 0.2) is 5.16 Å². The van der Waals surface area contributed by atoms with E-state index in [4.69, 9.17) is 4.74 Å². The molecule has 0 spiro atoms. The molecule has 132 valence electrons. The van der Waals surface area contributed by atoms with Crippen LogP contribution in [0.5, 0.6) is 0 Å². The average Bonchev–Trinajstić information content (AvgIpc) is 2.82. The number of esters is 1. The average molecular weight is 350 g/mol. The molecule has 0 aliphatic heterocycles. The van der Waals surface area contributed by atoms with Gasteiger partial charge in [0.1, 0.15) is 5.82 Å². The van der Waals surface area contributed by atoms with Gasteiger partial charge in [-0.05, 0) is 39.0 Å². The number of hydrogen-bond acceptors (Lipinski definition) is 6. The lowest BCUT2D eigenvalue weighted by atomic mass is 10.1. The summed E-state index contributed by atoms with van der Waals surface area (Å²) >= 11 is 1.53. The molecule has 1 aliphatic carbocycles. The summed E-state index contributed by atoms with van der Waals surface area (Å²) < 4.78 is 4.96. The van der Waals surface area contributed by atoms with Gasteiger partial charge in [-0.1, -0.05) is 37.4 Å². The number of thioether (sulfide) groups is 1. The Bertz CT molecular complexity index is 582. The van der Waals surface area contributed by atoms with Gasteiger partial charge in [-0.15, -0.1) is 0 Å². The summed E-state index contributed by atoms with van der Waals surface area (Å²) in [7, 11) is 0. The molecule has 1 heterocycles. The van der Waals surface area contributed by atoms with E-state index in [1.807, 2.05) is 13.2 Å². The molecule has 0 amide bonds. The molecule has 0 radical (unpaired) electrons. The largest absolute Gasteiger partial charge is 0.463 e. The topological polar surface area (TPSA) is 64.1 Å². The quantitative estimate of drug-likeness (QED) is 0.273. The van der Waals surface area contributed by atoms with E-state index in [-0.39, 0.29) is 5.97 Å². The lowest BCUT2D eigenvalue weighted by Crippen LogP contribution is -2.20. The Labute approximate surface area is 148 Å². The summed E-state index contributed by atoms with van der Waals surface area (Å²) in [5.41, 5.74) is 1.73. The first-order valence-electron chi connectivity index (χ1n) is 8.68.